The van der Waals surface area contributed by atoms with Gasteiger partial charge in [0.25, 0.3) is 0 Å². The number of carbonyl (C=O) groups excluding carboxylic acids is 1. The monoisotopic (exact) mass is 940 g/mol. The summed E-state index contributed by atoms with van der Waals surface area (Å²) in [5.41, 5.74) is 0. The van der Waals surface area contributed by atoms with Gasteiger partial charge >= 0.3 is 0 Å². The van der Waals surface area contributed by atoms with E-state index in [0.717, 1.165) is 96.3 Å². The normalized spacial score (nSPS) is 13.8. The number of allylic oxidation sites excluding steroid dienone is 19. The van der Waals surface area contributed by atoms with Crippen molar-refractivity contribution in [1.29, 1.82) is 0 Å². The van der Waals surface area contributed by atoms with Gasteiger partial charge in [-0.15, -0.1) is 0 Å². The summed E-state index contributed by atoms with van der Waals surface area (Å²) in [5.74, 6) is -0.0987. The summed E-state index contributed by atoms with van der Waals surface area (Å²) in [7, 11) is 0. The van der Waals surface area contributed by atoms with E-state index in [1.807, 2.05) is 6.08 Å². The molecular weight excluding hydrogens is 831 g/mol. The van der Waals surface area contributed by atoms with E-state index in [4.69, 9.17) is 0 Å². The number of aliphatic hydroxyl groups excluding tert-OH is 2. The highest BCUT2D eigenvalue weighted by Crippen LogP contribution is 2.16. The first-order valence-electron chi connectivity index (χ1n) is 28.7. The maximum absolute atomic E-state index is 12.5. The SMILES string of the molecule is CC/C=C\C/C=C\C/C=C\C/C=C\C/C=C\C/C=C\C/C=C\C/C=C\C/C=C\CCCCCC(=O)NC(CO)C(O)/C=C/CCCCCCCCCCCCCCCCCCCCCCCCC. The topological polar surface area (TPSA) is 69.6 Å². The Hall–Kier alpha value is -3.21. The second kappa shape index (κ2) is 58.1. The van der Waals surface area contributed by atoms with Crippen LogP contribution in [0.2, 0.25) is 0 Å². The average molecular weight is 941 g/mol. The van der Waals surface area contributed by atoms with Crippen LogP contribution in [0.4, 0.5) is 0 Å². The lowest BCUT2D eigenvalue weighted by Crippen LogP contribution is -2.45. The van der Waals surface area contributed by atoms with Crippen molar-refractivity contribution in [1.82, 2.24) is 5.32 Å². The van der Waals surface area contributed by atoms with Crippen molar-refractivity contribution in [3.8, 4) is 0 Å². The standard InChI is InChI=1S/C64H109NO3/c1-3-5-7-9-11-13-15-17-19-21-23-25-27-29-30-31-32-33-34-36-38-40-42-44-46-48-50-52-54-56-58-60-64(68)65-62(61-66)63(67)59-57-55-53-51-49-47-45-43-41-39-37-35-28-26-24-22-20-18-16-14-12-10-8-6-4-2/h5,7,11,13,17,19,23,25,29-30,32-33,36,38,42,44,48,50,57,59,62-63,66-67H,3-4,6,8-10,12,14-16,18,20-22,24,26-28,31,34-35,37,39-41,43,45-47,49,51-56,58,60-61H2,1-2H3,(H,65,68)/b7-5-,13-11-,19-17-,25-23-,30-29-,33-32-,38-36-,44-42-,50-48-,59-57+. The van der Waals surface area contributed by atoms with Crippen LogP contribution in [-0.2, 0) is 4.79 Å². The van der Waals surface area contributed by atoms with E-state index in [1.165, 1.54) is 141 Å². The van der Waals surface area contributed by atoms with Crippen LogP contribution in [0.15, 0.2) is 122 Å². The van der Waals surface area contributed by atoms with E-state index in [-0.39, 0.29) is 12.5 Å². The van der Waals surface area contributed by atoms with Crippen LogP contribution < -0.4 is 5.32 Å². The van der Waals surface area contributed by atoms with E-state index in [1.54, 1.807) is 6.08 Å². The first kappa shape index (κ1) is 64.8. The molecule has 2 atom stereocenters. The summed E-state index contributed by atoms with van der Waals surface area (Å²) >= 11 is 0. The van der Waals surface area contributed by atoms with Crippen molar-refractivity contribution < 1.29 is 15.0 Å². The number of hydrogen-bond donors (Lipinski definition) is 3. The third-order valence-corrected chi connectivity index (χ3v) is 12.5. The van der Waals surface area contributed by atoms with E-state index in [9.17, 15) is 15.0 Å². The first-order valence-corrected chi connectivity index (χ1v) is 28.7. The van der Waals surface area contributed by atoms with Gasteiger partial charge in [-0.2, -0.15) is 0 Å². The van der Waals surface area contributed by atoms with Gasteiger partial charge in [-0.3, -0.25) is 4.79 Å². The second-order valence-electron chi connectivity index (χ2n) is 19.0. The molecule has 2 unspecified atom stereocenters. The fraction of sp³-hybridized carbons (Fsp3) is 0.672. The molecule has 0 aromatic rings. The summed E-state index contributed by atoms with van der Waals surface area (Å²) < 4.78 is 0. The average Bonchev–Trinajstić information content (AvgIpc) is 3.34. The Morgan fingerprint density at radius 1 is 0.368 bits per heavy atom. The molecule has 0 saturated heterocycles. The van der Waals surface area contributed by atoms with Crippen LogP contribution in [0.25, 0.3) is 0 Å². The van der Waals surface area contributed by atoms with Gasteiger partial charge < -0.3 is 15.5 Å². The number of nitrogens with one attached hydrogen (secondary N) is 1. The van der Waals surface area contributed by atoms with Gasteiger partial charge in [0.15, 0.2) is 0 Å². The Morgan fingerprint density at radius 2 is 0.647 bits per heavy atom. The fourth-order valence-corrected chi connectivity index (χ4v) is 8.11. The van der Waals surface area contributed by atoms with Gasteiger partial charge in [-0.25, -0.2) is 0 Å². The minimum absolute atomic E-state index is 0.0987. The van der Waals surface area contributed by atoms with Crippen LogP contribution >= 0.6 is 0 Å². The second-order valence-corrected chi connectivity index (χ2v) is 19.0. The predicted molar refractivity (Wildman–Crippen MR) is 303 cm³/mol. The van der Waals surface area contributed by atoms with E-state index in [2.05, 4.69) is 129 Å². The summed E-state index contributed by atoms with van der Waals surface area (Å²) in [5, 5.41) is 23.2. The maximum atomic E-state index is 12.5. The van der Waals surface area contributed by atoms with Crippen molar-refractivity contribution in [2.45, 2.75) is 270 Å². The van der Waals surface area contributed by atoms with Crippen molar-refractivity contribution in [2.75, 3.05) is 6.61 Å². The predicted octanol–water partition coefficient (Wildman–Crippen LogP) is 19.2. The van der Waals surface area contributed by atoms with Crippen molar-refractivity contribution in [3.63, 3.8) is 0 Å². The van der Waals surface area contributed by atoms with Gasteiger partial charge in [-0.05, 0) is 89.9 Å². The highest BCUT2D eigenvalue weighted by atomic mass is 16.3. The molecule has 0 aromatic heterocycles. The van der Waals surface area contributed by atoms with Gasteiger partial charge in [0.2, 0.25) is 5.91 Å². The number of aliphatic hydroxyl groups is 2. The molecule has 0 aromatic carbocycles. The molecule has 3 N–H and O–H groups in total. The minimum Gasteiger partial charge on any atom is -0.394 e. The molecule has 1 amide bonds. The first-order chi connectivity index (χ1) is 33.7. The fourth-order valence-electron chi connectivity index (χ4n) is 8.11. The number of unbranched alkanes of at least 4 members (excludes halogenated alkanes) is 26. The van der Waals surface area contributed by atoms with Gasteiger partial charge in [0.1, 0.15) is 0 Å². The summed E-state index contributed by atoms with van der Waals surface area (Å²) in [4.78, 5) is 12.5. The van der Waals surface area contributed by atoms with Crippen LogP contribution in [0.3, 0.4) is 0 Å². The molecular formula is C64H109NO3. The number of carbonyl (C=O) groups is 1. The number of rotatable bonds is 51. The largest absolute Gasteiger partial charge is 0.394 e. The summed E-state index contributed by atoms with van der Waals surface area (Å²) in [6, 6.07) is -0.651. The van der Waals surface area contributed by atoms with Gasteiger partial charge in [0.05, 0.1) is 18.8 Å². The molecule has 0 aliphatic heterocycles. The summed E-state index contributed by atoms with van der Waals surface area (Å²) in [6.07, 6.45) is 89.3. The Morgan fingerprint density at radius 3 is 0.971 bits per heavy atom. The molecule has 388 valence electrons. The Kier molecular flexibility index (Phi) is 55.4. The van der Waals surface area contributed by atoms with Gasteiger partial charge in [0, 0.05) is 6.42 Å². The minimum atomic E-state index is -0.864. The van der Waals surface area contributed by atoms with E-state index < -0.39 is 12.1 Å². The lowest BCUT2D eigenvalue weighted by molar-refractivity contribution is -0.123. The zero-order valence-corrected chi connectivity index (χ0v) is 44.6. The van der Waals surface area contributed by atoms with Crippen molar-refractivity contribution in [2.24, 2.45) is 0 Å². The Labute approximate surface area is 422 Å². The zero-order chi connectivity index (χ0) is 49.2. The lowest BCUT2D eigenvalue weighted by Gasteiger charge is -2.19. The molecule has 0 aliphatic carbocycles. The molecule has 0 heterocycles. The highest BCUT2D eigenvalue weighted by Gasteiger charge is 2.18. The van der Waals surface area contributed by atoms with E-state index in [0.29, 0.717) is 6.42 Å². The quantitative estimate of drug-likeness (QED) is 0.0420. The lowest BCUT2D eigenvalue weighted by atomic mass is 10.0. The van der Waals surface area contributed by atoms with Crippen molar-refractivity contribution in [3.05, 3.63) is 122 Å². The third-order valence-electron chi connectivity index (χ3n) is 12.5. The van der Waals surface area contributed by atoms with Gasteiger partial charge in [-0.1, -0.05) is 283 Å². The Bertz CT molecular complexity index is 1340. The Balaban J connectivity index is 3.66. The van der Waals surface area contributed by atoms with Crippen molar-refractivity contribution >= 4 is 5.91 Å². The zero-order valence-electron chi connectivity index (χ0n) is 44.6. The molecule has 68 heavy (non-hydrogen) atoms. The molecule has 0 bridgehead atoms. The third kappa shape index (κ3) is 53.7. The molecule has 0 rings (SSSR count). The molecule has 0 radical (unpaired) electrons. The highest BCUT2D eigenvalue weighted by molar-refractivity contribution is 5.76. The number of hydrogen-bond acceptors (Lipinski definition) is 3. The van der Waals surface area contributed by atoms with Crippen LogP contribution in [0, 0.1) is 0 Å². The molecule has 0 spiro atoms. The smallest absolute Gasteiger partial charge is 0.220 e. The number of amides is 1. The van der Waals surface area contributed by atoms with Crippen LogP contribution in [0.1, 0.15) is 258 Å². The molecule has 4 heteroatoms. The molecule has 4 nitrogen and oxygen atoms in total. The molecule has 0 fully saturated rings. The van der Waals surface area contributed by atoms with Crippen LogP contribution in [0.5, 0.6) is 0 Å². The molecule has 0 aliphatic rings. The molecule has 0 saturated carbocycles. The van der Waals surface area contributed by atoms with Crippen LogP contribution in [-0.4, -0.2) is 34.9 Å². The van der Waals surface area contributed by atoms with E-state index >= 15 is 0 Å². The maximum Gasteiger partial charge on any atom is 0.220 e. The summed E-state index contributed by atoms with van der Waals surface area (Å²) in [6.45, 7) is 4.19.